The minimum absolute atomic E-state index is 0.809. The van der Waals surface area contributed by atoms with Gasteiger partial charge in [-0.15, -0.1) is 0 Å². The fourth-order valence-corrected chi connectivity index (χ4v) is 3.59. The van der Waals surface area contributed by atoms with Crippen molar-refractivity contribution in [3.63, 3.8) is 0 Å². The minimum Gasteiger partial charge on any atom is -0.371 e. The Bertz CT molecular complexity index is 882. The molecule has 2 heterocycles. The average molecular weight is 332 g/mol. The van der Waals surface area contributed by atoms with Gasteiger partial charge in [0.15, 0.2) is 5.82 Å². The van der Waals surface area contributed by atoms with E-state index >= 15 is 0 Å². The molecule has 0 aliphatic carbocycles. The molecule has 4 rings (SSSR count). The molecule has 4 nitrogen and oxygen atoms in total. The first-order chi connectivity index (χ1) is 12.2. The van der Waals surface area contributed by atoms with Crippen LogP contribution in [0.3, 0.4) is 0 Å². The molecule has 0 spiro atoms. The Labute approximate surface area is 149 Å². The lowest BCUT2D eigenvalue weighted by Crippen LogP contribution is -2.29. The standard InChI is InChI=1S/C21H24N4/c1-24(2)21-16-10-4-6-12-18(16)22-20(23-21)17-11-5-7-13-19(17)25-14-8-3-9-15-25/h4-7,10-13H,3,8-9,14-15H2,1-2H3. The Morgan fingerprint density at radius 2 is 1.56 bits per heavy atom. The van der Waals surface area contributed by atoms with Crippen molar-refractivity contribution < 1.29 is 0 Å². The number of anilines is 2. The van der Waals surface area contributed by atoms with Crippen LogP contribution >= 0.6 is 0 Å². The molecule has 1 aliphatic heterocycles. The molecule has 1 aliphatic rings. The second-order valence-corrected chi connectivity index (χ2v) is 6.85. The monoisotopic (exact) mass is 332 g/mol. The van der Waals surface area contributed by atoms with Crippen molar-refractivity contribution >= 4 is 22.4 Å². The summed E-state index contributed by atoms with van der Waals surface area (Å²) in [6.07, 6.45) is 3.85. The topological polar surface area (TPSA) is 32.3 Å². The lowest BCUT2D eigenvalue weighted by atomic mass is 10.1. The first-order valence-corrected chi connectivity index (χ1v) is 9.02. The van der Waals surface area contributed by atoms with Crippen LogP contribution in [-0.4, -0.2) is 37.2 Å². The van der Waals surface area contributed by atoms with Gasteiger partial charge in [0.2, 0.25) is 0 Å². The molecule has 1 fully saturated rings. The summed E-state index contributed by atoms with van der Waals surface area (Å²) in [5.41, 5.74) is 3.37. The molecule has 1 saturated heterocycles. The van der Waals surface area contributed by atoms with E-state index in [1.54, 1.807) is 0 Å². The highest BCUT2D eigenvalue weighted by Crippen LogP contribution is 2.33. The summed E-state index contributed by atoms with van der Waals surface area (Å²) in [5.74, 6) is 1.78. The number of hydrogen-bond acceptors (Lipinski definition) is 4. The molecule has 25 heavy (non-hydrogen) atoms. The minimum atomic E-state index is 0.809. The lowest BCUT2D eigenvalue weighted by molar-refractivity contribution is 0.578. The summed E-state index contributed by atoms with van der Waals surface area (Å²) in [4.78, 5) is 14.3. The number of rotatable bonds is 3. The van der Waals surface area contributed by atoms with Crippen LogP contribution < -0.4 is 9.80 Å². The quantitative estimate of drug-likeness (QED) is 0.713. The molecule has 4 heteroatoms. The Hall–Kier alpha value is -2.62. The largest absolute Gasteiger partial charge is 0.371 e. The number of benzene rings is 2. The van der Waals surface area contributed by atoms with Crippen LogP contribution in [0.15, 0.2) is 48.5 Å². The molecule has 128 valence electrons. The van der Waals surface area contributed by atoms with E-state index in [2.05, 4.69) is 46.2 Å². The summed E-state index contributed by atoms with van der Waals surface area (Å²) in [7, 11) is 4.07. The van der Waals surface area contributed by atoms with E-state index in [9.17, 15) is 0 Å². The maximum absolute atomic E-state index is 4.91. The van der Waals surface area contributed by atoms with Crippen molar-refractivity contribution in [2.45, 2.75) is 19.3 Å². The Kier molecular flexibility index (Phi) is 4.26. The van der Waals surface area contributed by atoms with Gasteiger partial charge in [-0.1, -0.05) is 24.3 Å². The number of hydrogen-bond donors (Lipinski definition) is 0. The van der Waals surface area contributed by atoms with Gasteiger partial charge in [-0.2, -0.15) is 0 Å². The van der Waals surface area contributed by atoms with Crippen LogP contribution in [0.5, 0.6) is 0 Å². The zero-order chi connectivity index (χ0) is 17.2. The second kappa shape index (κ2) is 6.71. The number of para-hydroxylation sites is 2. The summed E-state index contributed by atoms with van der Waals surface area (Å²) in [6.45, 7) is 2.23. The molecule has 0 atom stereocenters. The third kappa shape index (κ3) is 3.04. The molecule has 0 saturated carbocycles. The Morgan fingerprint density at radius 3 is 2.36 bits per heavy atom. The third-order valence-corrected chi connectivity index (χ3v) is 4.85. The molecule has 0 unspecified atom stereocenters. The fourth-order valence-electron chi connectivity index (χ4n) is 3.59. The maximum atomic E-state index is 4.91. The molecule has 2 aromatic carbocycles. The maximum Gasteiger partial charge on any atom is 0.164 e. The SMILES string of the molecule is CN(C)c1nc(-c2ccccc2N2CCCCC2)nc2ccccc12. The van der Waals surface area contributed by atoms with E-state index in [1.165, 1.54) is 24.9 Å². The van der Waals surface area contributed by atoms with E-state index in [0.29, 0.717) is 0 Å². The fraction of sp³-hybridized carbons (Fsp3) is 0.333. The number of piperidine rings is 1. The zero-order valence-corrected chi connectivity index (χ0v) is 14.9. The Morgan fingerprint density at radius 1 is 0.840 bits per heavy atom. The molecule has 0 amide bonds. The first-order valence-electron chi connectivity index (χ1n) is 9.02. The molecular formula is C21H24N4. The van der Waals surface area contributed by atoms with Crippen molar-refractivity contribution in [2.75, 3.05) is 37.0 Å². The van der Waals surface area contributed by atoms with E-state index in [0.717, 1.165) is 41.2 Å². The van der Waals surface area contributed by atoms with E-state index in [4.69, 9.17) is 9.97 Å². The van der Waals surface area contributed by atoms with Gasteiger partial charge < -0.3 is 9.80 Å². The first kappa shape index (κ1) is 15.9. The highest BCUT2D eigenvalue weighted by atomic mass is 15.2. The van der Waals surface area contributed by atoms with Crippen molar-refractivity contribution in [1.82, 2.24) is 9.97 Å². The molecular weight excluding hydrogens is 308 g/mol. The van der Waals surface area contributed by atoms with E-state index in [1.807, 2.05) is 26.2 Å². The number of fused-ring (bicyclic) bond motifs is 1. The van der Waals surface area contributed by atoms with E-state index < -0.39 is 0 Å². The van der Waals surface area contributed by atoms with Gasteiger partial charge in [0, 0.05) is 43.8 Å². The zero-order valence-electron chi connectivity index (χ0n) is 14.9. The van der Waals surface area contributed by atoms with Crippen LogP contribution in [0.2, 0.25) is 0 Å². The third-order valence-electron chi connectivity index (χ3n) is 4.85. The molecule has 0 radical (unpaired) electrons. The summed E-state index contributed by atoms with van der Waals surface area (Å²) in [6, 6.07) is 16.8. The molecule has 0 bridgehead atoms. The van der Waals surface area contributed by atoms with Crippen molar-refractivity contribution in [1.29, 1.82) is 0 Å². The highest BCUT2D eigenvalue weighted by Gasteiger charge is 2.18. The van der Waals surface area contributed by atoms with Crippen LogP contribution in [0, 0.1) is 0 Å². The van der Waals surface area contributed by atoms with E-state index in [-0.39, 0.29) is 0 Å². The van der Waals surface area contributed by atoms with Gasteiger partial charge in [-0.05, 0) is 43.5 Å². The highest BCUT2D eigenvalue weighted by molar-refractivity contribution is 5.91. The predicted octanol–water partition coefficient (Wildman–Crippen LogP) is 4.35. The molecule has 3 aromatic rings. The van der Waals surface area contributed by atoms with Gasteiger partial charge in [-0.25, -0.2) is 9.97 Å². The van der Waals surface area contributed by atoms with Crippen LogP contribution in [-0.2, 0) is 0 Å². The van der Waals surface area contributed by atoms with Crippen molar-refractivity contribution in [3.05, 3.63) is 48.5 Å². The summed E-state index contributed by atoms with van der Waals surface area (Å²) >= 11 is 0. The van der Waals surface area contributed by atoms with Gasteiger partial charge in [0.25, 0.3) is 0 Å². The lowest BCUT2D eigenvalue weighted by Gasteiger charge is -2.30. The van der Waals surface area contributed by atoms with Gasteiger partial charge in [0.1, 0.15) is 5.82 Å². The molecule has 1 aromatic heterocycles. The average Bonchev–Trinajstić information content (AvgIpc) is 2.67. The summed E-state index contributed by atoms with van der Waals surface area (Å²) in [5, 5.41) is 1.09. The van der Waals surface area contributed by atoms with Crippen molar-refractivity contribution in [3.8, 4) is 11.4 Å². The van der Waals surface area contributed by atoms with Gasteiger partial charge in [0.05, 0.1) is 5.52 Å². The van der Waals surface area contributed by atoms with Gasteiger partial charge >= 0.3 is 0 Å². The number of nitrogens with zero attached hydrogens (tertiary/aromatic N) is 4. The number of aromatic nitrogens is 2. The Balaban J connectivity index is 1.87. The molecule has 0 N–H and O–H groups in total. The van der Waals surface area contributed by atoms with Crippen LogP contribution in [0.4, 0.5) is 11.5 Å². The van der Waals surface area contributed by atoms with Crippen LogP contribution in [0.25, 0.3) is 22.3 Å². The van der Waals surface area contributed by atoms with Crippen LogP contribution in [0.1, 0.15) is 19.3 Å². The predicted molar refractivity (Wildman–Crippen MR) is 105 cm³/mol. The smallest absolute Gasteiger partial charge is 0.164 e. The van der Waals surface area contributed by atoms with Crippen molar-refractivity contribution in [2.24, 2.45) is 0 Å². The second-order valence-electron chi connectivity index (χ2n) is 6.85. The summed E-state index contributed by atoms with van der Waals surface area (Å²) < 4.78 is 0. The van der Waals surface area contributed by atoms with Gasteiger partial charge in [-0.3, -0.25) is 0 Å². The normalized spacial score (nSPS) is 14.7.